The topological polar surface area (TPSA) is 29.5 Å². The summed E-state index contributed by atoms with van der Waals surface area (Å²) in [6.45, 7) is 1.91. The lowest BCUT2D eigenvalue weighted by molar-refractivity contribution is -0.0700. The van der Waals surface area contributed by atoms with E-state index in [9.17, 15) is 0 Å². The Morgan fingerprint density at radius 2 is 2.45 bits per heavy atom. The zero-order valence-electron chi connectivity index (χ0n) is 7.05. The van der Waals surface area contributed by atoms with Gasteiger partial charge < -0.3 is 9.84 Å². The van der Waals surface area contributed by atoms with Crippen LogP contribution in [-0.2, 0) is 4.74 Å². The zero-order valence-corrected chi connectivity index (χ0v) is 7.05. The summed E-state index contributed by atoms with van der Waals surface area (Å²) in [5.41, 5.74) is 0. The van der Waals surface area contributed by atoms with Gasteiger partial charge in [0.05, 0.1) is 5.76 Å². The second-order valence-electron chi connectivity index (χ2n) is 2.90. The molecule has 64 valence electrons. The molecule has 2 heteroatoms. The van der Waals surface area contributed by atoms with E-state index in [0.29, 0.717) is 6.42 Å². The van der Waals surface area contributed by atoms with Gasteiger partial charge in [-0.3, -0.25) is 0 Å². The van der Waals surface area contributed by atoms with Crippen molar-refractivity contribution in [2.75, 3.05) is 0 Å². The Kier molecular flexibility index (Phi) is 3.43. The van der Waals surface area contributed by atoms with Gasteiger partial charge in [0, 0.05) is 12.8 Å². The molecule has 0 saturated heterocycles. The Balaban J connectivity index is 2.29. The van der Waals surface area contributed by atoms with Crippen molar-refractivity contribution in [3.05, 3.63) is 11.8 Å². The first-order valence-corrected chi connectivity index (χ1v) is 4.36. The van der Waals surface area contributed by atoms with Crippen LogP contribution < -0.4 is 0 Å². The minimum Gasteiger partial charge on any atom is -0.470 e. The molecule has 0 fully saturated rings. The van der Waals surface area contributed by atoms with E-state index < -0.39 is 6.29 Å². The molecule has 11 heavy (non-hydrogen) atoms. The van der Waals surface area contributed by atoms with Gasteiger partial charge in [0.1, 0.15) is 0 Å². The van der Waals surface area contributed by atoms with Crippen molar-refractivity contribution in [1.82, 2.24) is 0 Å². The van der Waals surface area contributed by atoms with Crippen LogP contribution in [0.15, 0.2) is 11.8 Å². The van der Waals surface area contributed by atoms with Crippen molar-refractivity contribution in [3.8, 4) is 0 Å². The van der Waals surface area contributed by atoms with Crippen LogP contribution in [0.1, 0.15) is 39.0 Å². The average molecular weight is 156 g/mol. The zero-order chi connectivity index (χ0) is 8.10. The van der Waals surface area contributed by atoms with Crippen molar-refractivity contribution in [2.45, 2.75) is 45.3 Å². The third-order valence-corrected chi connectivity index (χ3v) is 1.89. The molecule has 0 bridgehead atoms. The molecule has 0 amide bonds. The van der Waals surface area contributed by atoms with Crippen LogP contribution in [-0.4, -0.2) is 11.4 Å². The number of hydrogen-bond acceptors (Lipinski definition) is 2. The molecule has 0 saturated carbocycles. The predicted molar refractivity (Wildman–Crippen MR) is 43.9 cm³/mol. The summed E-state index contributed by atoms with van der Waals surface area (Å²) in [6, 6.07) is 0. The molecule has 0 heterocycles. The Bertz CT molecular complexity index is 140. The predicted octanol–water partition coefficient (Wildman–Crippen LogP) is 2.19. The van der Waals surface area contributed by atoms with Gasteiger partial charge in [-0.2, -0.15) is 0 Å². The van der Waals surface area contributed by atoms with Gasteiger partial charge in [0.25, 0.3) is 0 Å². The third-order valence-electron chi connectivity index (χ3n) is 1.89. The molecule has 0 spiro atoms. The van der Waals surface area contributed by atoms with Crippen molar-refractivity contribution < 1.29 is 9.84 Å². The quantitative estimate of drug-likeness (QED) is 0.635. The fraction of sp³-hybridized carbons (Fsp3) is 0.778. The number of hydrogen-bond donors (Lipinski definition) is 1. The summed E-state index contributed by atoms with van der Waals surface area (Å²) in [6.07, 6.45) is 6.71. The van der Waals surface area contributed by atoms with Crippen LogP contribution in [0.2, 0.25) is 0 Å². The van der Waals surface area contributed by atoms with Gasteiger partial charge in [0.2, 0.25) is 0 Å². The number of aliphatic hydroxyl groups is 1. The molecule has 0 aromatic carbocycles. The van der Waals surface area contributed by atoms with E-state index in [4.69, 9.17) is 9.84 Å². The highest BCUT2D eigenvalue weighted by Gasteiger charge is 2.07. The summed E-state index contributed by atoms with van der Waals surface area (Å²) >= 11 is 0. The average Bonchev–Trinajstić information content (AvgIpc) is 2.06. The Hall–Kier alpha value is -0.500. The van der Waals surface area contributed by atoms with Crippen LogP contribution in [0.3, 0.4) is 0 Å². The lowest BCUT2D eigenvalue weighted by atomic mass is 10.1. The van der Waals surface area contributed by atoms with Crippen molar-refractivity contribution in [2.24, 2.45) is 0 Å². The van der Waals surface area contributed by atoms with Crippen molar-refractivity contribution in [3.63, 3.8) is 0 Å². The normalized spacial score (nSPS) is 20.7. The SMILES string of the molecule is CCC(O)OC1=CCCCC1. The molecule has 0 aliphatic heterocycles. The molecule has 2 nitrogen and oxygen atoms in total. The Morgan fingerprint density at radius 3 is 3.00 bits per heavy atom. The minimum absolute atomic E-state index is 0.598. The van der Waals surface area contributed by atoms with E-state index in [1.807, 2.05) is 6.92 Å². The van der Waals surface area contributed by atoms with Crippen LogP contribution >= 0.6 is 0 Å². The summed E-state index contributed by atoms with van der Waals surface area (Å²) in [5, 5.41) is 9.15. The second kappa shape index (κ2) is 4.39. The van der Waals surface area contributed by atoms with Gasteiger partial charge in [-0.25, -0.2) is 0 Å². The smallest absolute Gasteiger partial charge is 0.196 e. The molecular weight excluding hydrogens is 140 g/mol. The molecule has 1 rings (SSSR count). The van der Waals surface area contributed by atoms with E-state index in [2.05, 4.69) is 6.08 Å². The van der Waals surface area contributed by atoms with E-state index in [1.54, 1.807) is 0 Å². The fourth-order valence-electron chi connectivity index (χ4n) is 1.17. The minimum atomic E-state index is -0.598. The third kappa shape index (κ3) is 2.93. The number of allylic oxidation sites excluding steroid dienone is 2. The van der Waals surface area contributed by atoms with Gasteiger partial charge in [-0.15, -0.1) is 0 Å². The van der Waals surface area contributed by atoms with E-state index in [-0.39, 0.29) is 0 Å². The molecule has 0 radical (unpaired) electrons. The molecule has 0 aromatic rings. The molecule has 1 atom stereocenters. The Labute approximate surface area is 67.9 Å². The van der Waals surface area contributed by atoms with Crippen molar-refractivity contribution >= 4 is 0 Å². The van der Waals surface area contributed by atoms with Crippen LogP contribution in [0.25, 0.3) is 0 Å². The second-order valence-corrected chi connectivity index (χ2v) is 2.90. The monoisotopic (exact) mass is 156 g/mol. The first kappa shape index (κ1) is 8.60. The van der Waals surface area contributed by atoms with Crippen LogP contribution in [0, 0.1) is 0 Å². The number of rotatable bonds is 3. The molecular formula is C9H16O2. The first-order valence-electron chi connectivity index (χ1n) is 4.36. The van der Waals surface area contributed by atoms with Gasteiger partial charge >= 0.3 is 0 Å². The molecule has 1 N–H and O–H groups in total. The number of aliphatic hydroxyl groups excluding tert-OH is 1. The van der Waals surface area contributed by atoms with E-state index >= 15 is 0 Å². The van der Waals surface area contributed by atoms with Crippen molar-refractivity contribution in [1.29, 1.82) is 0 Å². The molecule has 0 aromatic heterocycles. The van der Waals surface area contributed by atoms with Crippen LogP contribution in [0.5, 0.6) is 0 Å². The molecule has 1 aliphatic rings. The highest BCUT2D eigenvalue weighted by Crippen LogP contribution is 2.19. The summed E-state index contributed by atoms with van der Waals surface area (Å²) in [4.78, 5) is 0. The lowest BCUT2D eigenvalue weighted by Crippen LogP contribution is -2.10. The van der Waals surface area contributed by atoms with Crippen LogP contribution in [0.4, 0.5) is 0 Å². The van der Waals surface area contributed by atoms with E-state index in [1.165, 1.54) is 12.8 Å². The largest absolute Gasteiger partial charge is 0.470 e. The maximum atomic E-state index is 9.15. The lowest BCUT2D eigenvalue weighted by Gasteiger charge is -2.17. The van der Waals surface area contributed by atoms with Gasteiger partial charge in [-0.05, 0) is 25.3 Å². The molecule has 1 aliphatic carbocycles. The number of ether oxygens (including phenoxy) is 1. The van der Waals surface area contributed by atoms with Gasteiger partial charge in [0.15, 0.2) is 6.29 Å². The summed E-state index contributed by atoms with van der Waals surface area (Å²) < 4.78 is 5.26. The molecule has 1 unspecified atom stereocenters. The fourth-order valence-corrected chi connectivity index (χ4v) is 1.17. The van der Waals surface area contributed by atoms with E-state index in [0.717, 1.165) is 18.6 Å². The highest BCUT2D eigenvalue weighted by molar-refractivity contribution is 4.96. The summed E-state index contributed by atoms with van der Waals surface area (Å²) in [5.74, 6) is 0.977. The summed E-state index contributed by atoms with van der Waals surface area (Å²) in [7, 11) is 0. The van der Waals surface area contributed by atoms with Gasteiger partial charge in [-0.1, -0.05) is 6.92 Å². The maximum absolute atomic E-state index is 9.15. The standard InChI is InChI=1S/C9H16O2/c1-2-9(10)11-8-6-4-3-5-7-8/h6,9-10H,2-5,7H2,1H3. The highest BCUT2D eigenvalue weighted by atomic mass is 16.6. The first-order chi connectivity index (χ1) is 5.33. The Morgan fingerprint density at radius 1 is 1.64 bits per heavy atom. The maximum Gasteiger partial charge on any atom is 0.196 e.